The number of phenolic OH excluding ortho intramolecular Hbond substituents is 2. The summed E-state index contributed by atoms with van der Waals surface area (Å²) in [4.78, 5) is 50.5. The Morgan fingerprint density at radius 2 is 1.39 bits per heavy atom. The molecule has 0 atom stereocenters. The van der Waals surface area contributed by atoms with Crippen molar-refractivity contribution in [1.82, 2.24) is 10.6 Å². The maximum Gasteiger partial charge on any atom is 0.281 e. The van der Waals surface area contributed by atoms with Crippen molar-refractivity contribution in [3.63, 3.8) is 0 Å². The minimum atomic E-state index is -0.949. The van der Waals surface area contributed by atoms with E-state index >= 15 is 0 Å². The molecule has 1 aliphatic carbocycles. The first-order chi connectivity index (χ1) is 19.2. The molecule has 1 aliphatic heterocycles. The first-order valence-electron chi connectivity index (χ1n) is 13.1. The number of nitro benzene ring substituents is 1. The average molecular weight is 559 g/mol. The van der Waals surface area contributed by atoms with Gasteiger partial charge in [0.05, 0.1) is 27.3 Å². The van der Waals surface area contributed by atoms with E-state index in [4.69, 9.17) is 0 Å². The number of phenols is 2. The van der Waals surface area contributed by atoms with Gasteiger partial charge >= 0.3 is 0 Å². The third-order valence-corrected chi connectivity index (χ3v) is 7.40. The fourth-order valence-corrected chi connectivity index (χ4v) is 6.16. The molecule has 1 heterocycles. The van der Waals surface area contributed by atoms with Crippen LogP contribution in [0.1, 0.15) is 82.7 Å². The maximum atomic E-state index is 13.5. The quantitative estimate of drug-likeness (QED) is 0.134. The number of benzene rings is 3. The fraction of sp³-hybridized carbons (Fsp3) is 0.300. The molecule has 3 aromatic carbocycles. The molecule has 0 spiro atoms. The summed E-state index contributed by atoms with van der Waals surface area (Å²) in [5, 5.41) is 42.1. The van der Waals surface area contributed by atoms with E-state index in [-0.39, 0.29) is 34.3 Å². The van der Waals surface area contributed by atoms with Gasteiger partial charge in [0.2, 0.25) is 11.6 Å². The standard InChI is InChI=1S/C30H30N4O7/c1-29(2)13-17(14-30(3,4)33-29)32-28(39)15-5-7-16(8-6-15)31-18-9-11-20(35)24-22(18)26(37)25-21(36)12-10-19(34(40)41)23(25)27(24)38/h5-12,17,31,33,35-36H,13-14H2,1-4H3,(H,32,39). The van der Waals surface area contributed by atoms with Gasteiger partial charge in [-0.2, -0.15) is 0 Å². The molecule has 3 aromatic rings. The smallest absolute Gasteiger partial charge is 0.281 e. The van der Waals surface area contributed by atoms with E-state index in [0.717, 1.165) is 25.0 Å². The second-order valence-electron chi connectivity index (χ2n) is 11.8. The lowest BCUT2D eigenvalue weighted by Gasteiger charge is -2.46. The number of ketones is 2. The molecule has 1 amide bonds. The molecule has 41 heavy (non-hydrogen) atoms. The zero-order valence-corrected chi connectivity index (χ0v) is 23.0. The highest BCUT2D eigenvalue weighted by molar-refractivity contribution is 6.33. The Hall–Kier alpha value is -4.77. The number of piperidine rings is 1. The molecule has 2 aliphatic rings. The molecule has 11 nitrogen and oxygen atoms in total. The third-order valence-electron chi connectivity index (χ3n) is 7.40. The first kappa shape index (κ1) is 27.8. The average Bonchev–Trinajstić information content (AvgIpc) is 2.86. The lowest BCUT2D eigenvalue weighted by atomic mass is 9.79. The Kier molecular flexibility index (Phi) is 6.57. The maximum absolute atomic E-state index is 13.5. The molecule has 0 radical (unpaired) electrons. The van der Waals surface area contributed by atoms with Crippen LogP contribution in [0.4, 0.5) is 17.1 Å². The zero-order valence-electron chi connectivity index (χ0n) is 23.0. The van der Waals surface area contributed by atoms with Crippen molar-refractivity contribution in [3.8, 4) is 11.5 Å². The van der Waals surface area contributed by atoms with Crippen LogP contribution in [0, 0.1) is 10.1 Å². The van der Waals surface area contributed by atoms with E-state index in [1.54, 1.807) is 24.3 Å². The van der Waals surface area contributed by atoms with E-state index in [0.29, 0.717) is 11.3 Å². The molecule has 1 fully saturated rings. The van der Waals surface area contributed by atoms with Crippen molar-refractivity contribution in [2.45, 2.75) is 57.7 Å². The van der Waals surface area contributed by atoms with Crippen LogP contribution in [0.2, 0.25) is 0 Å². The summed E-state index contributed by atoms with van der Waals surface area (Å²) in [6.07, 6.45) is 1.56. The minimum Gasteiger partial charge on any atom is -0.507 e. The Balaban J connectivity index is 1.41. The van der Waals surface area contributed by atoms with Crippen molar-refractivity contribution in [1.29, 1.82) is 0 Å². The highest BCUT2D eigenvalue weighted by Gasteiger charge is 2.41. The fourth-order valence-electron chi connectivity index (χ4n) is 6.16. The number of nitro groups is 1. The molecule has 0 aromatic heterocycles. The number of hydrogen-bond donors (Lipinski definition) is 5. The summed E-state index contributed by atoms with van der Waals surface area (Å²) in [5.74, 6) is -3.12. The van der Waals surface area contributed by atoms with E-state index in [1.165, 1.54) is 12.1 Å². The molecule has 0 bridgehead atoms. The Morgan fingerprint density at radius 3 is 1.98 bits per heavy atom. The third kappa shape index (κ3) is 5.11. The van der Waals surface area contributed by atoms with Gasteiger partial charge in [-0.25, -0.2) is 0 Å². The number of carbonyl (C=O) groups excluding carboxylic acids is 3. The van der Waals surface area contributed by atoms with Gasteiger partial charge in [0, 0.05) is 34.4 Å². The number of carbonyl (C=O) groups is 3. The first-order valence-corrected chi connectivity index (χ1v) is 13.1. The number of rotatable bonds is 5. The number of hydrogen-bond acceptors (Lipinski definition) is 9. The van der Waals surface area contributed by atoms with Crippen LogP contribution < -0.4 is 16.0 Å². The van der Waals surface area contributed by atoms with E-state index in [2.05, 4.69) is 43.6 Å². The van der Waals surface area contributed by atoms with Crippen LogP contribution in [0.15, 0.2) is 48.5 Å². The molecular weight excluding hydrogens is 528 g/mol. The number of nitrogens with one attached hydrogen (secondary N) is 3. The lowest BCUT2D eigenvalue weighted by Crippen LogP contribution is -2.62. The van der Waals surface area contributed by atoms with Crippen LogP contribution in [-0.2, 0) is 0 Å². The second-order valence-corrected chi connectivity index (χ2v) is 11.8. The largest absolute Gasteiger partial charge is 0.507 e. The molecule has 1 saturated heterocycles. The van der Waals surface area contributed by atoms with E-state index in [9.17, 15) is 34.7 Å². The number of nitrogens with zero attached hydrogens (tertiary/aromatic N) is 1. The van der Waals surface area contributed by atoms with Gasteiger partial charge in [0.1, 0.15) is 17.1 Å². The van der Waals surface area contributed by atoms with Crippen LogP contribution in [-0.4, -0.2) is 49.7 Å². The predicted octanol–water partition coefficient (Wildman–Crippen LogP) is 4.56. The van der Waals surface area contributed by atoms with Crippen LogP contribution in [0.25, 0.3) is 0 Å². The summed E-state index contributed by atoms with van der Waals surface area (Å²) in [6.45, 7) is 8.42. The normalized spacial score (nSPS) is 17.4. The van der Waals surface area contributed by atoms with Crippen molar-refractivity contribution in [2.24, 2.45) is 0 Å². The van der Waals surface area contributed by atoms with Gasteiger partial charge in [-0.15, -0.1) is 0 Å². The predicted molar refractivity (Wildman–Crippen MR) is 151 cm³/mol. The van der Waals surface area contributed by atoms with Gasteiger partial charge < -0.3 is 26.2 Å². The van der Waals surface area contributed by atoms with E-state index in [1.807, 2.05) is 0 Å². The molecule has 5 N–H and O–H groups in total. The zero-order chi connectivity index (χ0) is 29.9. The Morgan fingerprint density at radius 1 is 0.854 bits per heavy atom. The van der Waals surface area contributed by atoms with Crippen molar-refractivity contribution in [3.05, 3.63) is 86.5 Å². The summed E-state index contributed by atoms with van der Waals surface area (Å²) in [6, 6.07) is 11.0. The number of aromatic hydroxyl groups is 2. The lowest BCUT2D eigenvalue weighted by molar-refractivity contribution is -0.385. The summed E-state index contributed by atoms with van der Waals surface area (Å²) in [5.41, 5.74) is -1.54. The van der Waals surface area contributed by atoms with Crippen LogP contribution >= 0.6 is 0 Å². The molecular formula is C30H30N4O7. The Bertz CT molecular complexity index is 1610. The van der Waals surface area contributed by atoms with Crippen molar-refractivity contribution in [2.75, 3.05) is 5.32 Å². The topological polar surface area (TPSA) is 171 Å². The van der Waals surface area contributed by atoms with Gasteiger partial charge in [0.15, 0.2) is 0 Å². The van der Waals surface area contributed by atoms with Gasteiger partial charge in [-0.1, -0.05) is 0 Å². The number of fused-ring (bicyclic) bond motifs is 2. The van der Waals surface area contributed by atoms with Gasteiger partial charge in [-0.05, 0) is 83.0 Å². The molecule has 11 heteroatoms. The van der Waals surface area contributed by atoms with Crippen LogP contribution in [0.5, 0.6) is 11.5 Å². The summed E-state index contributed by atoms with van der Waals surface area (Å²) >= 11 is 0. The van der Waals surface area contributed by atoms with Crippen LogP contribution in [0.3, 0.4) is 0 Å². The van der Waals surface area contributed by atoms with Crippen molar-refractivity contribution >= 4 is 34.5 Å². The summed E-state index contributed by atoms with van der Waals surface area (Å²) in [7, 11) is 0. The highest BCUT2D eigenvalue weighted by Crippen LogP contribution is 2.43. The molecule has 0 saturated carbocycles. The van der Waals surface area contributed by atoms with Crippen molar-refractivity contribution < 1.29 is 29.5 Å². The molecule has 0 unspecified atom stereocenters. The Labute approximate surface area is 235 Å². The summed E-state index contributed by atoms with van der Waals surface area (Å²) < 4.78 is 0. The van der Waals surface area contributed by atoms with Gasteiger partial charge in [-0.3, -0.25) is 24.5 Å². The molecule has 212 valence electrons. The number of amides is 1. The monoisotopic (exact) mass is 558 g/mol. The number of anilines is 2. The highest BCUT2D eigenvalue weighted by atomic mass is 16.6. The second kappa shape index (κ2) is 9.70. The van der Waals surface area contributed by atoms with Gasteiger partial charge in [0.25, 0.3) is 11.6 Å². The SMILES string of the molecule is CC1(C)CC(NC(=O)c2ccc(Nc3ccc(O)c4c3C(=O)c3c(O)ccc([N+](=O)[O-])c3C4=O)cc2)CC(C)(C)N1. The van der Waals surface area contributed by atoms with E-state index < -0.39 is 50.4 Å². The minimum absolute atomic E-state index is 0.00580. The molecule has 5 rings (SSSR count).